The van der Waals surface area contributed by atoms with Crippen LogP contribution in [0.1, 0.15) is 57.8 Å². The highest BCUT2D eigenvalue weighted by Gasteiger charge is 2.36. The molecule has 0 heterocycles. The molecule has 1 aliphatic rings. The smallest absolute Gasteiger partial charge is 0.193 e. The van der Waals surface area contributed by atoms with E-state index < -0.39 is 0 Å². The van der Waals surface area contributed by atoms with Crippen LogP contribution in [0.4, 0.5) is 0 Å². The topological polar surface area (TPSA) is 43.4 Å². The second-order valence-electron chi connectivity index (χ2n) is 7.27. The quantitative estimate of drug-likeness (QED) is 0.625. The third kappa shape index (κ3) is 3.13. The zero-order valence-corrected chi connectivity index (χ0v) is 16.0. The van der Waals surface area contributed by atoms with Crippen molar-refractivity contribution in [3.63, 3.8) is 0 Å². The lowest BCUT2D eigenvalue weighted by Gasteiger charge is -2.34. The molecule has 140 valence electrons. The number of rotatable bonds is 5. The van der Waals surface area contributed by atoms with E-state index in [2.05, 4.69) is 0 Å². The van der Waals surface area contributed by atoms with Crippen LogP contribution in [0, 0.1) is 0 Å². The molecule has 1 aliphatic carbocycles. The van der Waals surface area contributed by atoms with Gasteiger partial charge in [-0.3, -0.25) is 4.79 Å². The Kier molecular flexibility index (Phi) is 4.82. The van der Waals surface area contributed by atoms with Crippen molar-refractivity contribution in [1.29, 1.82) is 0 Å². The fourth-order valence-electron chi connectivity index (χ4n) is 4.29. The number of carbonyl (C=O) groups is 2. The maximum atomic E-state index is 13.0. The fourth-order valence-corrected chi connectivity index (χ4v) is 4.29. The van der Waals surface area contributed by atoms with Crippen LogP contribution in [0.5, 0.6) is 5.75 Å². The Morgan fingerprint density at radius 1 is 0.893 bits per heavy atom. The molecule has 0 unspecified atom stereocenters. The molecule has 1 atom stereocenters. The lowest BCUT2D eigenvalue weighted by Crippen LogP contribution is -2.25. The van der Waals surface area contributed by atoms with Gasteiger partial charge in [0.05, 0.1) is 7.11 Å². The number of carbonyl (C=O) groups excluding carboxylic acids is 2. The molecule has 3 nitrogen and oxygen atoms in total. The minimum absolute atomic E-state index is 0.0533. The summed E-state index contributed by atoms with van der Waals surface area (Å²) in [6.45, 7) is 1.63. The SMILES string of the molecule is COc1ccc([C@@H](CC(C)=O)C2c3ccccc3C(=O)c3ccccc32)cc1. The fraction of sp³-hybridized carbons (Fsp3) is 0.200. The number of fused-ring (bicyclic) bond motifs is 2. The Labute approximate surface area is 165 Å². The van der Waals surface area contributed by atoms with E-state index >= 15 is 0 Å². The largest absolute Gasteiger partial charge is 0.497 e. The van der Waals surface area contributed by atoms with Crippen molar-refractivity contribution >= 4 is 11.6 Å². The number of hydrogen-bond acceptors (Lipinski definition) is 3. The average molecular weight is 370 g/mol. The summed E-state index contributed by atoms with van der Waals surface area (Å²) in [5, 5.41) is 0. The second kappa shape index (κ2) is 7.43. The Balaban J connectivity index is 1.91. The lowest BCUT2D eigenvalue weighted by molar-refractivity contribution is -0.117. The van der Waals surface area contributed by atoms with Gasteiger partial charge in [0.1, 0.15) is 11.5 Å². The molecule has 28 heavy (non-hydrogen) atoms. The van der Waals surface area contributed by atoms with Crippen LogP contribution >= 0.6 is 0 Å². The predicted molar refractivity (Wildman–Crippen MR) is 109 cm³/mol. The van der Waals surface area contributed by atoms with Crippen molar-refractivity contribution in [2.24, 2.45) is 0 Å². The number of hydrogen-bond donors (Lipinski definition) is 0. The molecule has 0 radical (unpaired) electrons. The summed E-state index contributed by atoms with van der Waals surface area (Å²) in [7, 11) is 1.64. The number of ether oxygens (including phenoxy) is 1. The lowest BCUT2D eigenvalue weighted by atomic mass is 9.68. The van der Waals surface area contributed by atoms with E-state index in [1.54, 1.807) is 14.0 Å². The van der Waals surface area contributed by atoms with Crippen LogP contribution in [0.2, 0.25) is 0 Å². The van der Waals surface area contributed by atoms with Gasteiger partial charge < -0.3 is 9.53 Å². The number of benzene rings is 3. The van der Waals surface area contributed by atoms with Gasteiger partial charge in [0.25, 0.3) is 0 Å². The summed E-state index contributed by atoms with van der Waals surface area (Å²) in [5.41, 5.74) is 4.52. The molecule has 3 heteroatoms. The number of ketones is 2. The molecule has 3 aromatic carbocycles. The van der Waals surface area contributed by atoms with E-state index in [-0.39, 0.29) is 23.4 Å². The first-order valence-corrected chi connectivity index (χ1v) is 9.46. The highest BCUT2D eigenvalue weighted by atomic mass is 16.5. The summed E-state index contributed by atoms with van der Waals surface area (Å²) < 4.78 is 5.29. The molecular formula is C25H22O3. The van der Waals surface area contributed by atoms with Crippen molar-refractivity contribution in [3.05, 3.63) is 101 Å². The Hall–Kier alpha value is -3.20. The summed E-state index contributed by atoms with van der Waals surface area (Å²) >= 11 is 0. The molecule has 4 rings (SSSR count). The van der Waals surface area contributed by atoms with Crippen molar-refractivity contribution in [2.75, 3.05) is 7.11 Å². The van der Waals surface area contributed by atoms with Gasteiger partial charge in [-0.25, -0.2) is 0 Å². The minimum atomic E-state index is -0.0567. The van der Waals surface area contributed by atoms with Gasteiger partial charge in [-0.1, -0.05) is 60.7 Å². The molecule has 0 amide bonds. The highest BCUT2D eigenvalue weighted by molar-refractivity contribution is 6.12. The van der Waals surface area contributed by atoms with E-state index in [1.807, 2.05) is 72.8 Å². The van der Waals surface area contributed by atoms with Gasteiger partial charge in [-0.2, -0.15) is 0 Å². The zero-order valence-electron chi connectivity index (χ0n) is 16.0. The van der Waals surface area contributed by atoms with E-state index in [4.69, 9.17) is 4.74 Å². The third-order valence-corrected chi connectivity index (χ3v) is 5.53. The van der Waals surface area contributed by atoms with Crippen LogP contribution in [0.3, 0.4) is 0 Å². The maximum absolute atomic E-state index is 13.0. The first kappa shape index (κ1) is 18.2. The number of methoxy groups -OCH3 is 1. The summed E-state index contributed by atoms with van der Waals surface area (Å²) in [5.74, 6) is 0.859. The maximum Gasteiger partial charge on any atom is 0.193 e. The summed E-state index contributed by atoms with van der Waals surface area (Å²) in [6, 6.07) is 23.4. The van der Waals surface area contributed by atoms with Gasteiger partial charge in [0.15, 0.2) is 5.78 Å². The Morgan fingerprint density at radius 3 is 1.93 bits per heavy atom. The van der Waals surface area contributed by atoms with Gasteiger partial charge in [-0.15, -0.1) is 0 Å². The molecule has 0 aliphatic heterocycles. The first-order chi connectivity index (χ1) is 13.6. The van der Waals surface area contributed by atoms with E-state index in [1.165, 1.54) is 0 Å². The molecule has 0 N–H and O–H groups in total. The van der Waals surface area contributed by atoms with Crippen LogP contribution < -0.4 is 4.74 Å². The monoisotopic (exact) mass is 370 g/mol. The van der Waals surface area contributed by atoms with Crippen LogP contribution in [0.25, 0.3) is 0 Å². The molecule has 3 aromatic rings. The zero-order chi connectivity index (χ0) is 19.7. The minimum Gasteiger partial charge on any atom is -0.497 e. The molecule has 0 bridgehead atoms. The van der Waals surface area contributed by atoms with E-state index in [9.17, 15) is 9.59 Å². The Bertz CT molecular complexity index is 984. The van der Waals surface area contributed by atoms with Gasteiger partial charge in [0, 0.05) is 29.4 Å². The number of Topliss-reactive ketones (excluding diaryl/α,β-unsaturated/α-hetero) is 1. The van der Waals surface area contributed by atoms with Gasteiger partial charge in [0.2, 0.25) is 0 Å². The van der Waals surface area contributed by atoms with Crippen molar-refractivity contribution in [2.45, 2.75) is 25.2 Å². The predicted octanol–water partition coefficient (Wildman–Crippen LogP) is 5.13. The summed E-state index contributed by atoms with van der Waals surface area (Å²) in [4.78, 5) is 25.2. The standard InChI is InChI=1S/C25H22O3/c1-16(26)15-23(17-11-13-18(28-2)14-12-17)24-19-7-3-5-9-21(19)25(27)22-10-6-4-8-20(22)24/h3-14,23-24H,15H2,1-2H3/t23-/m1/s1. The van der Waals surface area contributed by atoms with E-state index in [0.29, 0.717) is 6.42 Å². The third-order valence-electron chi connectivity index (χ3n) is 5.53. The van der Waals surface area contributed by atoms with Gasteiger partial charge >= 0.3 is 0 Å². The molecular weight excluding hydrogens is 348 g/mol. The van der Waals surface area contributed by atoms with Crippen LogP contribution in [-0.4, -0.2) is 18.7 Å². The highest BCUT2D eigenvalue weighted by Crippen LogP contribution is 2.46. The summed E-state index contributed by atoms with van der Waals surface area (Å²) in [6.07, 6.45) is 0.411. The van der Waals surface area contributed by atoms with E-state index in [0.717, 1.165) is 33.6 Å². The molecule has 0 fully saturated rings. The van der Waals surface area contributed by atoms with Crippen molar-refractivity contribution in [1.82, 2.24) is 0 Å². The second-order valence-corrected chi connectivity index (χ2v) is 7.27. The van der Waals surface area contributed by atoms with Gasteiger partial charge in [-0.05, 0) is 35.7 Å². The van der Waals surface area contributed by atoms with Crippen molar-refractivity contribution in [3.8, 4) is 5.75 Å². The molecule has 0 saturated carbocycles. The van der Waals surface area contributed by atoms with Crippen LogP contribution in [-0.2, 0) is 4.79 Å². The van der Waals surface area contributed by atoms with Crippen molar-refractivity contribution < 1.29 is 14.3 Å². The van der Waals surface area contributed by atoms with Crippen LogP contribution in [0.15, 0.2) is 72.8 Å². The molecule has 0 saturated heterocycles. The normalized spacial score (nSPS) is 14.1. The average Bonchev–Trinajstić information content (AvgIpc) is 2.73. The first-order valence-electron chi connectivity index (χ1n) is 9.46. The molecule has 0 spiro atoms. The Morgan fingerprint density at radius 2 is 1.43 bits per heavy atom. The molecule has 0 aromatic heterocycles.